The molecule has 2 aromatic rings. The van der Waals surface area contributed by atoms with Gasteiger partial charge >= 0.3 is 0 Å². The van der Waals surface area contributed by atoms with Crippen LogP contribution in [-0.4, -0.2) is 47.8 Å². The van der Waals surface area contributed by atoms with Gasteiger partial charge in [-0.25, -0.2) is 0 Å². The number of aldehydes is 1. The highest BCUT2D eigenvalue weighted by Gasteiger charge is 2.38. The molecule has 3 amide bonds. The van der Waals surface area contributed by atoms with Crippen LogP contribution in [0.2, 0.25) is 0 Å². The number of nitrogens with zero attached hydrogens (tertiary/aromatic N) is 1. The van der Waals surface area contributed by atoms with Gasteiger partial charge in [-0.05, 0) is 29.9 Å². The van der Waals surface area contributed by atoms with Crippen LogP contribution >= 0.6 is 11.3 Å². The molecule has 0 bridgehead atoms. The van der Waals surface area contributed by atoms with Gasteiger partial charge < -0.3 is 20.3 Å². The lowest BCUT2D eigenvalue weighted by molar-refractivity contribution is -0.125. The van der Waals surface area contributed by atoms with E-state index in [0.717, 1.165) is 28.7 Å². The van der Waals surface area contributed by atoms with Crippen LogP contribution in [0.15, 0.2) is 29.6 Å². The zero-order valence-electron chi connectivity index (χ0n) is 19.6. The van der Waals surface area contributed by atoms with Crippen LogP contribution in [0, 0.1) is 0 Å². The van der Waals surface area contributed by atoms with Gasteiger partial charge in [0.2, 0.25) is 11.7 Å². The minimum atomic E-state index is -0.748. The smallest absolute Gasteiger partial charge is 0.292 e. The normalized spacial score (nSPS) is 14.3. The van der Waals surface area contributed by atoms with Crippen LogP contribution in [0.5, 0.6) is 0 Å². The largest absolute Gasteiger partial charge is 0.357 e. The minimum absolute atomic E-state index is 0.107. The lowest BCUT2D eigenvalue weighted by Crippen LogP contribution is -2.46. The Kier molecular flexibility index (Phi) is 8.33. The van der Waals surface area contributed by atoms with Crippen molar-refractivity contribution in [2.75, 3.05) is 7.05 Å². The molecule has 2 unspecified atom stereocenters. The number of thiophene rings is 1. The van der Waals surface area contributed by atoms with Gasteiger partial charge in [0.1, 0.15) is 12.3 Å². The number of rotatable bonds is 11. The summed E-state index contributed by atoms with van der Waals surface area (Å²) < 4.78 is 0. The Bertz CT molecular complexity index is 1090. The topological polar surface area (TPSA) is 113 Å². The number of benzene rings is 1. The second kappa shape index (κ2) is 11.2. The summed E-state index contributed by atoms with van der Waals surface area (Å²) in [6.07, 6.45) is 2.11. The highest BCUT2D eigenvalue weighted by atomic mass is 32.1. The van der Waals surface area contributed by atoms with E-state index in [-0.39, 0.29) is 37.7 Å². The summed E-state index contributed by atoms with van der Waals surface area (Å²) in [5.74, 6) is -1.56. The predicted octanol–water partition coefficient (Wildman–Crippen LogP) is 2.81. The Morgan fingerprint density at radius 1 is 1.21 bits per heavy atom. The van der Waals surface area contributed by atoms with Crippen molar-refractivity contribution in [1.82, 2.24) is 15.5 Å². The number of fused-ring (bicyclic) bond motifs is 1. The van der Waals surface area contributed by atoms with Gasteiger partial charge in [0, 0.05) is 35.8 Å². The van der Waals surface area contributed by atoms with Crippen LogP contribution in [-0.2, 0) is 27.5 Å². The summed E-state index contributed by atoms with van der Waals surface area (Å²) in [6, 6.07) is 6.33. The number of Topliss-reactive ketones (excluding diaryl/α,β-unsaturated/α-hetero) is 1. The number of likely N-dealkylation sites (N-methyl/N-ethyl adjacent to an activating group) is 1. The van der Waals surface area contributed by atoms with Crippen molar-refractivity contribution in [2.45, 2.75) is 58.2 Å². The first-order chi connectivity index (χ1) is 16.3. The van der Waals surface area contributed by atoms with E-state index in [2.05, 4.69) is 24.5 Å². The van der Waals surface area contributed by atoms with Crippen LogP contribution in [0.25, 0.3) is 0 Å². The molecule has 1 aromatic heterocycles. The fourth-order valence-corrected chi connectivity index (χ4v) is 4.94. The molecule has 0 saturated carbocycles. The minimum Gasteiger partial charge on any atom is -0.357 e. The molecule has 34 heavy (non-hydrogen) atoms. The maximum Gasteiger partial charge on any atom is 0.292 e. The molecule has 0 radical (unpaired) electrons. The van der Waals surface area contributed by atoms with Gasteiger partial charge in [0.15, 0.2) is 0 Å². The van der Waals surface area contributed by atoms with E-state index in [1.165, 1.54) is 23.3 Å². The van der Waals surface area contributed by atoms with Gasteiger partial charge in [0.05, 0.1) is 12.1 Å². The molecule has 2 N–H and O–H groups in total. The molecule has 0 spiro atoms. The fourth-order valence-electron chi connectivity index (χ4n) is 3.96. The van der Waals surface area contributed by atoms with Gasteiger partial charge in [-0.2, -0.15) is 0 Å². The second-order valence-electron chi connectivity index (χ2n) is 8.30. The predicted molar refractivity (Wildman–Crippen MR) is 129 cm³/mol. The molecular weight excluding hydrogens is 454 g/mol. The Morgan fingerprint density at radius 3 is 2.53 bits per heavy atom. The van der Waals surface area contributed by atoms with E-state index in [9.17, 15) is 24.0 Å². The maximum atomic E-state index is 12.9. The van der Waals surface area contributed by atoms with Crippen molar-refractivity contribution < 1.29 is 24.0 Å². The third-order valence-corrected chi connectivity index (χ3v) is 7.28. The number of hydrogen-bond acceptors (Lipinski definition) is 6. The molecule has 0 saturated heterocycles. The standard InChI is InChI=1S/C25H29N3O5S/c1-4-15(2)16-7-9-17(10-8-16)22(30)24(32)27-12-21-18-13-28(25(33)19(18)14-34-21)20(6-5-11-29)23(31)26-3/h7-11,14-15,20H,4-6,12-13H2,1-3H3,(H,26,31)(H,27,32). The number of ketones is 1. The summed E-state index contributed by atoms with van der Waals surface area (Å²) in [6.45, 7) is 4.52. The summed E-state index contributed by atoms with van der Waals surface area (Å²) in [5, 5.41) is 6.90. The number of hydrogen-bond donors (Lipinski definition) is 2. The summed E-state index contributed by atoms with van der Waals surface area (Å²) in [7, 11) is 1.49. The summed E-state index contributed by atoms with van der Waals surface area (Å²) in [5.41, 5.74) is 2.67. The Labute approximate surface area is 202 Å². The third-order valence-electron chi connectivity index (χ3n) is 6.25. The van der Waals surface area contributed by atoms with E-state index in [0.29, 0.717) is 17.0 Å². The van der Waals surface area contributed by atoms with Gasteiger partial charge in [-0.15, -0.1) is 11.3 Å². The molecule has 1 aliphatic heterocycles. The van der Waals surface area contributed by atoms with E-state index in [4.69, 9.17) is 0 Å². The molecule has 9 heteroatoms. The van der Waals surface area contributed by atoms with Crippen LogP contribution in [0.4, 0.5) is 0 Å². The molecule has 8 nitrogen and oxygen atoms in total. The molecule has 2 heterocycles. The van der Waals surface area contributed by atoms with Gasteiger partial charge in [0.25, 0.3) is 11.8 Å². The van der Waals surface area contributed by atoms with E-state index in [1.54, 1.807) is 17.5 Å². The van der Waals surface area contributed by atoms with Crippen molar-refractivity contribution >= 4 is 41.1 Å². The van der Waals surface area contributed by atoms with Crippen LogP contribution in [0.1, 0.15) is 75.7 Å². The molecule has 2 atom stereocenters. The first-order valence-electron chi connectivity index (χ1n) is 11.3. The third kappa shape index (κ3) is 5.25. The zero-order valence-corrected chi connectivity index (χ0v) is 20.4. The molecule has 180 valence electrons. The molecule has 0 aliphatic carbocycles. The number of carbonyl (C=O) groups excluding carboxylic acids is 5. The first kappa shape index (κ1) is 25.3. The van der Waals surface area contributed by atoms with Crippen LogP contribution < -0.4 is 10.6 Å². The van der Waals surface area contributed by atoms with E-state index >= 15 is 0 Å². The molecule has 1 aliphatic rings. The SMILES string of the molecule is CCC(C)c1ccc(C(=O)C(=O)NCc2scc3c2CN(C(CCC=O)C(=O)NC)C3=O)cc1. The average Bonchev–Trinajstić information content (AvgIpc) is 3.41. The van der Waals surface area contributed by atoms with Crippen LogP contribution in [0.3, 0.4) is 0 Å². The highest BCUT2D eigenvalue weighted by Crippen LogP contribution is 2.33. The van der Waals surface area contributed by atoms with Gasteiger partial charge in [-0.1, -0.05) is 38.1 Å². The zero-order chi connectivity index (χ0) is 24.8. The van der Waals surface area contributed by atoms with E-state index in [1.807, 2.05) is 12.1 Å². The first-order valence-corrected chi connectivity index (χ1v) is 12.2. The molecule has 3 rings (SSSR count). The number of amides is 3. The lowest BCUT2D eigenvalue weighted by atomic mass is 9.97. The Balaban J connectivity index is 1.66. The second-order valence-corrected chi connectivity index (χ2v) is 9.27. The molecule has 1 aromatic carbocycles. The fraction of sp³-hybridized carbons (Fsp3) is 0.400. The van der Waals surface area contributed by atoms with Crippen molar-refractivity contribution in [1.29, 1.82) is 0 Å². The summed E-state index contributed by atoms with van der Waals surface area (Å²) in [4.78, 5) is 63.2. The Morgan fingerprint density at radius 2 is 1.91 bits per heavy atom. The quantitative estimate of drug-likeness (QED) is 0.290. The van der Waals surface area contributed by atoms with Crippen molar-refractivity contribution in [2.24, 2.45) is 0 Å². The van der Waals surface area contributed by atoms with E-state index < -0.39 is 17.7 Å². The summed E-state index contributed by atoms with van der Waals surface area (Å²) >= 11 is 1.33. The number of carbonyl (C=O) groups is 5. The average molecular weight is 484 g/mol. The van der Waals surface area contributed by atoms with Crippen molar-refractivity contribution in [3.05, 3.63) is 56.8 Å². The molecule has 0 fully saturated rings. The maximum absolute atomic E-state index is 12.9. The molecular formula is C25H29N3O5S. The monoisotopic (exact) mass is 483 g/mol. The Hall–Kier alpha value is -3.33. The van der Waals surface area contributed by atoms with Crippen molar-refractivity contribution in [3.63, 3.8) is 0 Å². The number of nitrogens with one attached hydrogen (secondary N) is 2. The lowest BCUT2D eigenvalue weighted by Gasteiger charge is -2.26. The van der Waals surface area contributed by atoms with Gasteiger partial charge in [-0.3, -0.25) is 19.2 Å². The highest BCUT2D eigenvalue weighted by molar-refractivity contribution is 7.10. The van der Waals surface area contributed by atoms with Crippen molar-refractivity contribution in [3.8, 4) is 0 Å².